The van der Waals surface area contributed by atoms with Gasteiger partial charge in [-0.15, -0.1) is 0 Å². The molecule has 1 aromatic carbocycles. The Balaban J connectivity index is 1.83. The van der Waals surface area contributed by atoms with Gasteiger partial charge in [0.05, 0.1) is 12.1 Å². The van der Waals surface area contributed by atoms with E-state index in [1.54, 1.807) is 0 Å². The largest absolute Gasteiger partial charge is 0.370 e. The summed E-state index contributed by atoms with van der Waals surface area (Å²) >= 11 is 0. The number of nitrogens with two attached hydrogens (primary N) is 1. The highest BCUT2D eigenvalue weighted by atomic mass is 15.4. The van der Waals surface area contributed by atoms with Gasteiger partial charge in [-0.05, 0) is 37.1 Å². The van der Waals surface area contributed by atoms with Crippen LogP contribution in [0.25, 0.3) is 0 Å². The topological polar surface area (TPSA) is 44.9 Å². The average molecular weight is 286 g/mol. The van der Waals surface area contributed by atoms with Crippen molar-refractivity contribution < 1.29 is 0 Å². The lowest BCUT2D eigenvalue weighted by atomic mass is 9.91. The number of hydrogen-bond acceptors (Lipinski definition) is 4. The highest BCUT2D eigenvalue weighted by Crippen LogP contribution is 2.44. The quantitative estimate of drug-likeness (QED) is 0.898. The number of benzene rings is 1. The molecule has 0 radical (unpaired) electrons. The number of likely N-dealkylation sites (N-methyl/N-ethyl adjacent to an activating group) is 1. The molecule has 21 heavy (non-hydrogen) atoms. The van der Waals surface area contributed by atoms with Crippen LogP contribution in [0.1, 0.15) is 31.4 Å². The van der Waals surface area contributed by atoms with Crippen LogP contribution in [-0.2, 0) is 12.0 Å². The Hall–Kier alpha value is -1.55. The van der Waals surface area contributed by atoms with Gasteiger partial charge in [0, 0.05) is 13.1 Å². The predicted octanol–water partition coefficient (Wildman–Crippen LogP) is 1.80. The molecule has 0 aromatic heterocycles. The summed E-state index contributed by atoms with van der Waals surface area (Å²) in [6.45, 7) is 9.43. The molecule has 0 saturated heterocycles. The summed E-state index contributed by atoms with van der Waals surface area (Å²) in [6.07, 6.45) is 2.27. The lowest BCUT2D eigenvalue weighted by Gasteiger charge is -2.38. The van der Waals surface area contributed by atoms with E-state index in [0.29, 0.717) is 0 Å². The second kappa shape index (κ2) is 5.68. The summed E-state index contributed by atoms with van der Waals surface area (Å²) in [6, 6.07) is 8.79. The van der Waals surface area contributed by atoms with Crippen LogP contribution < -0.4 is 5.73 Å². The molecule has 4 nitrogen and oxygen atoms in total. The number of aliphatic imine (C=N–C) groups is 1. The minimum atomic E-state index is 0.0217. The summed E-state index contributed by atoms with van der Waals surface area (Å²) in [5.41, 5.74) is 9.15. The van der Waals surface area contributed by atoms with Gasteiger partial charge in [-0.3, -0.25) is 4.99 Å². The molecule has 2 aliphatic rings. The highest BCUT2D eigenvalue weighted by molar-refractivity contribution is 5.81. The van der Waals surface area contributed by atoms with Gasteiger partial charge in [0.2, 0.25) is 0 Å². The monoisotopic (exact) mass is 286 g/mol. The predicted molar refractivity (Wildman–Crippen MR) is 87.4 cm³/mol. The van der Waals surface area contributed by atoms with E-state index in [-0.39, 0.29) is 5.54 Å². The van der Waals surface area contributed by atoms with E-state index in [1.807, 2.05) is 0 Å². The number of hydrogen-bond donors (Lipinski definition) is 1. The van der Waals surface area contributed by atoms with Crippen molar-refractivity contribution in [2.75, 3.05) is 32.7 Å². The molecule has 114 valence electrons. The first kappa shape index (κ1) is 14.4. The lowest BCUT2D eigenvalue weighted by Crippen LogP contribution is -2.50. The summed E-state index contributed by atoms with van der Waals surface area (Å²) in [7, 11) is 0. The number of nitrogens with zero attached hydrogens (tertiary/aromatic N) is 3. The Kier molecular flexibility index (Phi) is 3.89. The average Bonchev–Trinajstić information content (AvgIpc) is 3.04. The number of fused-ring (bicyclic) bond motifs is 2. The number of aryl methyl sites for hydroxylation is 1. The Labute approximate surface area is 127 Å². The molecule has 0 amide bonds. The van der Waals surface area contributed by atoms with E-state index in [1.165, 1.54) is 11.1 Å². The van der Waals surface area contributed by atoms with E-state index in [0.717, 1.165) is 51.5 Å². The van der Waals surface area contributed by atoms with Crippen molar-refractivity contribution in [2.24, 2.45) is 10.7 Å². The van der Waals surface area contributed by atoms with Crippen molar-refractivity contribution in [3.05, 3.63) is 35.4 Å². The zero-order valence-electron chi connectivity index (χ0n) is 13.2. The zero-order valence-corrected chi connectivity index (χ0v) is 13.2. The van der Waals surface area contributed by atoms with Gasteiger partial charge in [-0.1, -0.05) is 38.1 Å². The van der Waals surface area contributed by atoms with Crippen molar-refractivity contribution in [3.63, 3.8) is 0 Å². The first-order valence-electron chi connectivity index (χ1n) is 8.09. The zero-order chi connectivity index (χ0) is 14.9. The van der Waals surface area contributed by atoms with E-state index in [4.69, 9.17) is 5.73 Å². The van der Waals surface area contributed by atoms with E-state index < -0.39 is 0 Å². The molecule has 0 fully saturated rings. The third kappa shape index (κ3) is 2.31. The van der Waals surface area contributed by atoms with Crippen molar-refractivity contribution in [3.8, 4) is 0 Å². The third-order valence-electron chi connectivity index (χ3n) is 5.16. The first-order valence-corrected chi connectivity index (χ1v) is 8.09. The van der Waals surface area contributed by atoms with Gasteiger partial charge in [-0.25, -0.2) is 0 Å². The van der Waals surface area contributed by atoms with Gasteiger partial charge in [0.25, 0.3) is 0 Å². The fourth-order valence-electron chi connectivity index (χ4n) is 3.82. The maximum absolute atomic E-state index is 6.22. The van der Waals surface area contributed by atoms with Crippen LogP contribution >= 0.6 is 0 Å². The van der Waals surface area contributed by atoms with Crippen molar-refractivity contribution in [2.45, 2.75) is 32.2 Å². The molecule has 0 bridgehead atoms. The van der Waals surface area contributed by atoms with Gasteiger partial charge in [-0.2, -0.15) is 0 Å². The van der Waals surface area contributed by atoms with E-state index >= 15 is 0 Å². The summed E-state index contributed by atoms with van der Waals surface area (Å²) in [5, 5.41) is 0. The number of rotatable bonds is 5. The summed E-state index contributed by atoms with van der Waals surface area (Å²) < 4.78 is 0. The molecule has 4 heteroatoms. The molecule has 1 spiro atoms. The van der Waals surface area contributed by atoms with Crippen LogP contribution in [0, 0.1) is 0 Å². The molecule has 1 atom stereocenters. The molecule has 0 saturated carbocycles. The second-order valence-electron chi connectivity index (χ2n) is 6.04. The fourth-order valence-corrected chi connectivity index (χ4v) is 3.82. The molecule has 1 aromatic rings. The lowest BCUT2D eigenvalue weighted by molar-refractivity contribution is 0.172. The first-order chi connectivity index (χ1) is 10.2. The molecule has 2 N–H and O–H groups in total. The molecule has 1 aliphatic carbocycles. The third-order valence-corrected chi connectivity index (χ3v) is 5.16. The van der Waals surface area contributed by atoms with E-state index in [2.05, 4.69) is 52.9 Å². The Morgan fingerprint density at radius 2 is 2.05 bits per heavy atom. The summed E-state index contributed by atoms with van der Waals surface area (Å²) in [5.74, 6) is 0.721. The molecule has 1 unspecified atom stereocenters. The Bertz CT molecular complexity index is 535. The smallest absolute Gasteiger partial charge is 0.192 e. The van der Waals surface area contributed by atoms with Crippen LogP contribution in [-0.4, -0.2) is 48.5 Å². The molecule has 3 rings (SSSR count). The summed E-state index contributed by atoms with van der Waals surface area (Å²) in [4.78, 5) is 9.39. The van der Waals surface area contributed by atoms with E-state index in [9.17, 15) is 0 Å². The van der Waals surface area contributed by atoms with Crippen LogP contribution in [0.4, 0.5) is 0 Å². The Morgan fingerprint density at radius 1 is 1.29 bits per heavy atom. The number of guanidine groups is 1. The standard InChI is InChI=1S/C17H26N4/c1-3-20(4-2)11-12-21-16(18)19-13-17(21)10-9-14-7-5-6-8-15(14)17/h5-8H,3-4,9-13H2,1-2H3,(H2,18,19). The van der Waals surface area contributed by atoms with Gasteiger partial charge >= 0.3 is 0 Å². The van der Waals surface area contributed by atoms with Crippen LogP contribution in [0.3, 0.4) is 0 Å². The van der Waals surface area contributed by atoms with Crippen LogP contribution in [0.2, 0.25) is 0 Å². The van der Waals surface area contributed by atoms with Crippen molar-refractivity contribution in [1.82, 2.24) is 9.80 Å². The minimum absolute atomic E-state index is 0.0217. The van der Waals surface area contributed by atoms with Crippen molar-refractivity contribution in [1.29, 1.82) is 0 Å². The molecular formula is C17H26N4. The van der Waals surface area contributed by atoms with Gasteiger partial charge in [0.1, 0.15) is 0 Å². The maximum Gasteiger partial charge on any atom is 0.192 e. The second-order valence-corrected chi connectivity index (χ2v) is 6.04. The molecule has 1 heterocycles. The Morgan fingerprint density at radius 3 is 2.81 bits per heavy atom. The normalized spacial score (nSPS) is 24.0. The van der Waals surface area contributed by atoms with Crippen molar-refractivity contribution >= 4 is 5.96 Å². The van der Waals surface area contributed by atoms with Crippen LogP contribution in [0.5, 0.6) is 0 Å². The van der Waals surface area contributed by atoms with Gasteiger partial charge < -0.3 is 15.5 Å². The highest BCUT2D eigenvalue weighted by Gasteiger charge is 2.47. The SMILES string of the molecule is CCN(CC)CCN1C(N)=NCC12CCc1ccccc12. The minimum Gasteiger partial charge on any atom is -0.370 e. The molecular weight excluding hydrogens is 260 g/mol. The molecule has 1 aliphatic heterocycles. The van der Waals surface area contributed by atoms with Crippen LogP contribution in [0.15, 0.2) is 29.3 Å². The maximum atomic E-state index is 6.22. The fraction of sp³-hybridized carbons (Fsp3) is 0.588. The van der Waals surface area contributed by atoms with Gasteiger partial charge in [0.15, 0.2) is 5.96 Å².